The Kier molecular flexibility index (Phi) is 6.50. The van der Waals surface area contributed by atoms with Gasteiger partial charge in [-0.3, -0.25) is 4.79 Å². The Morgan fingerprint density at radius 3 is 2.44 bits per heavy atom. The number of rotatable bonds is 4. The molecule has 7 nitrogen and oxygen atoms in total. The van der Waals surface area contributed by atoms with Crippen molar-refractivity contribution in [3.63, 3.8) is 0 Å². The van der Waals surface area contributed by atoms with Crippen molar-refractivity contribution >= 4 is 18.3 Å². The number of likely N-dealkylation sites (tertiary alicyclic amines) is 1. The highest BCUT2D eigenvalue weighted by molar-refractivity contribution is 5.85. The number of halogens is 1. The van der Waals surface area contributed by atoms with Gasteiger partial charge in [-0.25, -0.2) is 0 Å². The fraction of sp³-hybridized carbons (Fsp3) is 0.529. The predicted molar refractivity (Wildman–Crippen MR) is 98.2 cm³/mol. The maximum atomic E-state index is 12.7. The number of piperidine rings is 1. The molecular formula is C17H25ClN6O. The number of hydrogen-bond donors (Lipinski definition) is 1. The maximum Gasteiger partial charge on any atom is 0.249 e. The lowest BCUT2D eigenvalue weighted by Crippen LogP contribution is -2.45. The Morgan fingerprint density at radius 2 is 1.84 bits per heavy atom. The van der Waals surface area contributed by atoms with Crippen molar-refractivity contribution in [2.45, 2.75) is 38.8 Å². The molecule has 1 amide bonds. The zero-order valence-corrected chi connectivity index (χ0v) is 15.4. The topological polar surface area (TPSA) is 89.9 Å². The second kappa shape index (κ2) is 8.40. The van der Waals surface area contributed by atoms with E-state index >= 15 is 0 Å². The molecule has 0 bridgehead atoms. The van der Waals surface area contributed by atoms with E-state index in [0.29, 0.717) is 11.7 Å². The lowest BCUT2D eigenvalue weighted by Gasteiger charge is -2.34. The van der Waals surface area contributed by atoms with E-state index in [-0.39, 0.29) is 24.4 Å². The van der Waals surface area contributed by atoms with Gasteiger partial charge < -0.3 is 10.6 Å². The van der Waals surface area contributed by atoms with E-state index in [1.54, 1.807) is 0 Å². The molecule has 1 aromatic heterocycles. The number of nitrogens with zero attached hydrogens (tertiary/aromatic N) is 5. The third-order valence-electron chi connectivity index (χ3n) is 4.76. The van der Waals surface area contributed by atoms with Crippen LogP contribution in [-0.4, -0.2) is 50.1 Å². The van der Waals surface area contributed by atoms with E-state index in [4.69, 9.17) is 5.73 Å². The molecule has 25 heavy (non-hydrogen) atoms. The van der Waals surface area contributed by atoms with Crippen molar-refractivity contribution in [1.82, 2.24) is 25.1 Å². The first-order chi connectivity index (χ1) is 11.6. The largest absolute Gasteiger partial charge is 0.341 e. The van der Waals surface area contributed by atoms with Crippen LogP contribution in [0.25, 0.3) is 11.4 Å². The average Bonchev–Trinajstić information content (AvgIpc) is 3.11. The van der Waals surface area contributed by atoms with E-state index in [9.17, 15) is 4.79 Å². The minimum atomic E-state index is -0.457. The molecule has 0 aliphatic carbocycles. The molecule has 2 atom stereocenters. The van der Waals surface area contributed by atoms with Crippen molar-refractivity contribution < 1.29 is 4.79 Å². The summed E-state index contributed by atoms with van der Waals surface area (Å²) in [4.78, 5) is 16.0. The van der Waals surface area contributed by atoms with Crippen LogP contribution >= 0.6 is 12.4 Å². The molecule has 3 rings (SSSR count). The van der Waals surface area contributed by atoms with Crippen LogP contribution in [0.1, 0.15) is 32.7 Å². The molecule has 1 fully saturated rings. The van der Waals surface area contributed by atoms with Gasteiger partial charge in [-0.2, -0.15) is 4.80 Å². The third kappa shape index (κ3) is 4.35. The van der Waals surface area contributed by atoms with Gasteiger partial charge in [0.05, 0.1) is 0 Å². The molecule has 1 aliphatic heterocycles. The zero-order valence-electron chi connectivity index (χ0n) is 14.6. The average molecular weight is 365 g/mol. The van der Waals surface area contributed by atoms with Gasteiger partial charge in [0.25, 0.3) is 0 Å². The van der Waals surface area contributed by atoms with E-state index in [2.05, 4.69) is 15.4 Å². The first kappa shape index (κ1) is 19.3. The summed E-state index contributed by atoms with van der Waals surface area (Å²) in [6, 6.07) is 9.36. The number of benzene rings is 1. The van der Waals surface area contributed by atoms with E-state index in [1.807, 2.05) is 49.1 Å². The van der Waals surface area contributed by atoms with Crippen molar-refractivity contribution in [2.24, 2.45) is 11.7 Å². The molecule has 1 aliphatic rings. The summed E-state index contributed by atoms with van der Waals surface area (Å²) in [6.07, 6.45) is 1.91. The van der Waals surface area contributed by atoms with Gasteiger partial charge in [0.15, 0.2) is 0 Å². The Balaban J connectivity index is 0.00000225. The van der Waals surface area contributed by atoms with Crippen LogP contribution < -0.4 is 5.73 Å². The number of carbonyl (C=O) groups is 1. The molecular weight excluding hydrogens is 340 g/mol. The Hall–Kier alpha value is -1.99. The van der Waals surface area contributed by atoms with Gasteiger partial charge in [-0.05, 0) is 37.8 Å². The lowest BCUT2D eigenvalue weighted by atomic mass is 9.91. The minimum absolute atomic E-state index is 0. The summed E-state index contributed by atoms with van der Waals surface area (Å²) in [5.74, 6) is 1.07. The second-order valence-corrected chi connectivity index (χ2v) is 6.50. The smallest absolute Gasteiger partial charge is 0.249 e. The van der Waals surface area contributed by atoms with Gasteiger partial charge in [0.2, 0.25) is 11.7 Å². The highest BCUT2D eigenvalue weighted by Gasteiger charge is 2.29. The van der Waals surface area contributed by atoms with Crippen LogP contribution in [0.2, 0.25) is 0 Å². The highest BCUT2D eigenvalue weighted by Crippen LogP contribution is 2.22. The van der Waals surface area contributed by atoms with Crippen LogP contribution in [0.3, 0.4) is 0 Å². The summed E-state index contributed by atoms with van der Waals surface area (Å²) in [7, 11) is 0. The molecule has 2 aromatic rings. The van der Waals surface area contributed by atoms with Gasteiger partial charge in [0, 0.05) is 24.7 Å². The zero-order chi connectivity index (χ0) is 17.1. The predicted octanol–water partition coefficient (Wildman–Crippen LogP) is 1.91. The van der Waals surface area contributed by atoms with E-state index in [1.165, 1.54) is 4.80 Å². The summed E-state index contributed by atoms with van der Waals surface area (Å²) < 4.78 is 0. The van der Waals surface area contributed by atoms with Gasteiger partial charge >= 0.3 is 0 Å². The molecule has 1 saturated heterocycles. The molecule has 2 N–H and O–H groups in total. The van der Waals surface area contributed by atoms with Crippen LogP contribution in [-0.2, 0) is 4.79 Å². The Bertz CT molecular complexity index is 681. The first-order valence-corrected chi connectivity index (χ1v) is 8.45. The summed E-state index contributed by atoms with van der Waals surface area (Å²) in [5, 5.41) is 12.5. The fourth-order valence-corrected chi connectivity index (χ4v) is 3.10. The molecule has 136 valence electrons. The molecule has 0 saturated carbocycles. The third-order valence-corrected chi connectivity index (χ3v) is 4.76. The number of tetrazole rings is 1. The van der Waals surface area contributed by atoms with Gasteiger partial charge in [0.1, 0.15) is 6.04 Å². The molecule has 2 unspecified atom stereocenters. The monoisotopic (exact) mass is 364 g/mol. The van der Waals surface area contributed by atoms with Crippen LogP contribution in [0.15, 0.2) is 30.3 Å². The summed E-state index contributed by atoms with van der Waals surface area (Å²) in [5.41, 5.74) is 6.85. The Labute approximate surface area is 154 Å². The minimum Gasteiger partial charge on any atom is -0.341 e. The number of hydrogen-bond acceptors (Lipinski definition) is 5. The van der Waals surface area contributed by atoms with E-state index < -0.39 is 6.04 Å². The highest BCUT2D eigenvalue weighted by atomic mass is 35.5. The normalized spacial score (nSPS) is 17.6. The summed E-state index contributed by atoms with van der Waals surface area (Å²) in [6.45, 7) is 5.34. The number of aromatic nitrogens is 4. The van der Waals surface area contributed by atoms with Crippen molar-refractivity contribution in [3.8, 4) is 11.4 Å². The number of amides is 1. The fourth-order valence-electron chi connectivity index (χ4n) is 3.10. The van der Waals surface area contributed by atoms with Gasteiger partial charge in [-0.15, -0.1) is 22.6 Å². The maximum absolute atomic E-state index is 12.7. The van der Waals surface area contributed by atoms with Gasteiger partial charge in [-0.1, -0.05) is 30.3 Å². The van der Waals surface area contributed by atoms with Crippen molar-refractivity contribution in [1.29, 1.82) is 0 Å². The molecule has 0 spiro atoms. The van der Waals surface area contributed by atoms with Crippen molar-refractivity contribution in [3.05, 3.63) is 30.3 Å². The quantitative estimate of drug-likeness (QED) is 0.894. The number of nitrogens with two attached hydrogens (primary N) is 1. The first-order valence-electron chi connectivity index (χ1n) is 8.45. The van der Waals surface area contributed by atoms with Crippen LogP contribution in [0, 0.1) is 5.92 Å². The molecule has 1 aromatic carbocycles. The van der Waals surface area contributed by atoms with E-state index in [0.717, 1.165) is 31.5 Å². The molecule has 8 heteroatoms. The second-order valence-electron chi connectivity index (χ2n) is 6.50. The lowest BCUT2D eigenvalue weighted by molar-refractivity contribution is -0.136. The molecule has 2 heterocycles. The Morgan fingerprint density at radius 1 is 1.20 bits per heavy atom. The van der Waals surface area contributed by atoms with Crippen LogP contribution in [0.4, 0.5) is 0 Å². The van der Waals surface area contributed by atoms with Crippen molar-refractivity contribution in [2.75, 3.05) is 13.1 Å². The summed E-state index contributed by atoms with van der Waals surface area (Å²) >= 11 is 0. The standard InChI is InChI=1S/C17H24N6O.ClH/c1-12(18)14-8-10-22(11-9-14)17(24)13(2)23-20-16(19-21-23)15-6-4-3-5-7-15;/h3-7,12-14H,8-11,18H2,1-2H3;1H. The molecule has 0 radical (unpaired) electrons. The SMILES string of the molecule is CC(N)C1CCN(C(=O)C(C)n2nnc(-c3ccccc3)n2)CC1.Cl. The van der Waals surface area contributed by atoms with Crippen LogP contribution in [0.5, 0.6) is 0 Å². The number of carbonyl (C=O) groups excluding carboxylic acids is 1.